The number of nitrogens with one attached hydrogen (secondary N) is 2. The average Bonchev–Trinajstić information content (AvgIpc) is 3.55. The molecule has 37 heavy (non-hydrogen) atoms. The van der Waals surface area contributed by atoms with Gasteiger partial charge in [-0.15, -0.1) is 11.3 Å². The van der Waals surface area contributed by atoms with Gasteiger partial charge in [-0.3, -0.25) is 4.21 Å². The molecule has 2 aromatic heterocycles. The molecule has 0 spiro atoms. The van der Waals surface area contributed by atoms with Gasteiger partial charge in [0.15, 0.2) is 5.76 Å². The van der Waals surface area contributed by atoms with Crippen LogP contribution >= 0.6 is 11.3 Å². The number of oxazole rings is 1. The molecule has 0 bridgehead atoms. The van der Waals surface area contributed by atoms with Crippen molar-refractivity contribution in [2.75, 3.05) is 5.32 Å². The van der Waals surface area contributed by atoms with Crippen LogP contribution in [0.4, 0.5) is 14.8 Å². The van der Waals surface area contributed by atoms with Crippen LogP contribution in [0, 0.1) is 11.6 Å². The van der Waals surface area contributed by atoms with Gasteiger partial charge in [-0.05, 0) is 30.5 Å². The summed E-state index contributed by atoms with van der Waals surface area (Å²) in [5, 5.41) is 6.07. The van der Waals surface area contributed by atoms with Gasteiger partial charge in [0.1, 0.15) is 16.6 Å². The largest absolute Gasteiger partial charge is 0.760 e. The van der Waals surface area contributed by atoms with E-state index in [1.807, 2.05) is 47.9 Å². The number of allylic oxidation sites excluding steroid dienone is 1. The van der Waals surface area contributed by atoms with E-state index in [0.29, 0.717) is 12.8 Å². The van der Waals surface area contributed by atoms with Crippen LogP contribution in [0.25, 0.3) is 21.9 Å². The van der Waals surface area contributed by atoms with Gasteiger partial charge in [0.25, 0.3) is 6.01 Å². The van der Waals surface area contributed by atoms with Crippen LogP contribution in [0.5, 0.6) is 0 Å². The summed E-state index contributed by atoms with van der Waals surface area (Å²) in [5.74, 6) is -1.26. The third kappa shape index (κ3) is 6.25. The van der Waals surface area contributed by atoms with Gasteiger partial charge in [0, 0.05) is 34.3 Å². The molecule has 2 N–H and O–H groups in total. The van der Waals surface area contributed by atoms with Gasteiger partial charge in [-0.1, -0.05) is 48.6 Å². The summed E-state index contributed by atoms with van der Waals surface area (Å²) in [6, 6.07) is 12.6. The fourth-order valence-corrected chi connectivity index (χ4v) is 5.26. The molecule has 11 heteroatoms. The van der Waals surface area contributed by atoms with Crippen molar-refractivity contribution in [3.8, 4) is 21.9 Å². The first-order chi connectivity index (χ1) is 17.9. The van der Waals surface area contributed by atoms with E-state index < -0.39 is 22.9 Å². The number of benzene rings is 2. The maximum absolute atomic E-state index is 14.2. The molecule has 5 rings (SSSR count). The summed E-state index contributed by atoms with van der Waals surface area (Å²) in [6.45, 7) is 0. The summed E-state index contributed by atoms with van der Waals surface area (Å²) in [4.78, 5) is 9.07. The van der Waals surface area contributed by atoms with Crippen LogP contribution in [0.15, 0.2) is 88.3 Å². The van der Waals surface area contributed by atoms with E-state index in [9.17, 15) is 17.5 Å². The van der Waals surface area contributed by atoms with E-state index in [1.165, 1.54) is 23.6 Å². The molecular weight excluding hydrogens is 518 g/mol. The number of nitrogens with zero attached hydrogens (tertiary/aromatic N) is 2. The molecule has 0 fully saturated rings. The zero-order chi connectivity index (χ0) is 25.8. The SMILES string of the molecule is O=S([O-])NC1C=CC(C[C@H](Nc2ncc(-c3ccc(F)cc3F)o2)c2csc(-c3ccccc3)n2)=CC1. The smallest absolute Gasteiger partial charge is 0.295 e. The molecule has 0 amide bonds. The predicted molar refractivity (Wildman–Crippen MR) is 138 cm³/mol. The Hall–Kier alpha value is -3.51. The zero-order valence-corrected chi connectivity index (χ0v) is 20.9. The van der Waals surface area contributed by atoms with Gasteiger partial charge in [0.05, 0.1) is 23.5 Å². The molecule has 2 heterocycles. The van der Waals surface area contributed by atoms with Crippen molar-refractivity contribution in [2.45, 2.75) is 24.9 Å². The molecule has 4 aromatic rings. The first-order valence-corrected chi connectivity index (χ1v) is 13.3. The molecule has 2 aromatic carbocycles. The van der Waals surface area contributed by atoms with Crippen molar-refractivity contribution in [1.29, 1.82) is 0 Å². The Balaban J connectivity index is 1.39. The summed E-state index contributed by atoms with van der Waals surface area (Å²) >= 11 is -0.830. The molecule has 1 aliphatic rings. The number of hydrogen-bond donors (Lipinski definition) is 2. The summed E-state index contributed by atoms with van der Waals surface area (Å²) in [7, 11) is 0. The highest BCUT2D eigenvalue weighted by Gasteiger charge is 2.21. The minimum absolute atomic E-state index is 0.103. The zero-order valence-electron chi connectivity index (χ0n) is 19.3. The summed E-state index contributed by atoms with van der Waals surface area (Å²) in [5.41, 5.74) is 2.86. The monoisotopic (exact) mass is 539 g/mol. The van der Waals surface area contributed by atoms with E-state index in [4.69, 9.17) is 9.40 Å². The first kappa shape index (κ1) is 25.2. The number of thiazole rings is 1. The third-order valence-corrected chi connectivity index (χ3v) is 7.17. The van der Waals surface area contributed by atoms with Crippen molar-refractivity contribution in [3.63, 3.8) is 0 Å². The Labute approximate surface area is 218 Å². The highest BCUT2D eigenvalue weighted by molar-refractivity contribution is 7.77. The average molecular weight is 540 g/mol. The van der Waals surface area contributed by atoms with Crippen LogP contribution < -0.4 is 10.0 Å². The fraction of sp³-hybridized carbons (Fsp3) is 0.154. The van der Waals surface area contributed by atoms with E-state index in [1.54, 1.807) is 6.08 Å². The normalized spacial score (nSPS) is 16.8. The molecule has 0 saturated carbocycles. The van der Waals surface area contributed by atoms with E-state index in [2.05, 4.69) is 15.0 Å². The molecule has 0 radical (unpaired) electrons. The second kappa shape index (κ2) is 11.3. The van der Waals surface area contributed by atoms with Crippen LogP contribution in [-0.2, 0) is 11.3 Å². The minimum Gasteiger partial charge on any atom is -0.760 e. The first-order valence-electron chi connectivity index (χ1n) is 11.4. The van der Waals surface area contributed by atoms with Crippen molar-refractivity contribution in [3.05, 3.63) is 101 Å². The van der Waals surface area contributed by atoms with Crippen LogP contribution in [0.2, 0.25) is 0 Å². The second-order valence-corrected chi connectivity index (χ2v) is 9.89. The molecule has 0 aliphatic heterocycles. The Morgan fingerprint density at radius 3 is 2.78 bits per heavy atom. The summed E-state index contributed by atoms with van der Waals surface area (Å²) in [6.07, 6.45) is 8.07. The molecule has 2 unspecified atom stereocenters. The third-order valence-electron chi connectivity index (χ3n) is 5.76. The van der Waals surface area contributed by atoms with E-state index in [-0.39, 0.29) is 29.4 Å². The lowest BCUT2D eigenvalue weighted by Crippen LogP contribution is -2.29. The Kier molecular flexibility index (Phi) is 7.65. The highest BCUT2D eigenvalue weighted by atomic mass is 32.2. The van der Waals surface area contributed by atoms with Gasteiger partial charge >= 0.3 is 0 Å². The quantitative estimate of drug-likeness (QED) is 0.256. The number of anilines is 1. The van der Waals surface area contributed by atoms with Gasteiger partial charge in [-0.25, -0.2) is 23.5 Å². The van der Waals surface area contributed by atoms with Crippen LogP contribution in [0.3, 0.4) is 0 Å². The van der Waals surface area contributed by atoms with E-state index >= 15 is 0 Å². The van der Waals surface area contributed by atoms with E-state index in [0.717, 1.165) is 34.0 Å². The predicted octanol–water partition coefficient (Wildman–Crippen LogP) is 5.93. The molecule has 190 valence electrons. The molecule has 3 atom stereocenters. The molecule has 7 nitrogen and oxygen atoms in total. The van der Waals surface area contributed by atoms with Crippen LogP contribution in [-0.4, -0.2) is 24.8 Å². The lowest BCUT2D eigenvalue weighted by molar-refractivity contribution is 0.514. The van der Waals surface area contributed by atoms with Crippen molar-refractivity contribution < 1.29 is 22.0 Å². The lowest BCUT2D eigenvalue weighted by Gasteiger charge is -2.21. The topological polar surface area (TPSA) is 103 Å². The number of rotatable bonds is 9. The lowest BCUT2D eigenvalue weighted by atomic mass is 9.97. The van der Waals surface area contributed by atoms with Crippen LogP contribution in [0.1, 0.15) is 24.6 Å². The number of halogens is 2. The number of aromatic nitrogens is 2. The minimum atomic E-state index is -2.34. The highest BCUT2D eigenvalue weighted by Crippen LogP contribution is 2.33. The summed E-state index contributed by atoms with van der Waals surface area (Å²) < 4.78 is 57.6. The van der Waals surface area contributed by atoms with Crippen molar-refractivity contribution in [1.82, 2.24) is 14.7 Å². The Bertz CT molecular complexity index is 1470. The van der Waals surface area contributed by atoms with Gasteiger partial charge in [0.2, 0.25) is 0 Å². The van der Waals surface area contributed by atoms with Gasteiger partial charge in [-0.2, -0.15) is 0 Å². The maximum Gasteiger partial charge on any atom is 0.295 e. The Morgan fingerprint density at radius 1 is 1.22 bits per heavy atom. The molecule has 0 saturated heterocycles. The van der Waals surface area contributed by atoms with Crippen molar-refractivity contribution in [2.24, 2.45) is 0 Å². The fourth-order valence-electron chi connectivity index (χ4n) is 3.96. The molecular formula is C26H21F2N4O3S2-. The Morgan fingerprint density at radius 2 is 2.05 bits per heavy atom. The van der Waals surface area contributed by atoms with Gasteiger partial charge < -0.3 is 14.3 Å². The standard InChI is InChI=1S/C26H22F2N4O3S2/c27-18-8-11-20(21(28)13-18)24-14-29-26(35-24)31-22(12-16-6-9-19(10-7-16)32-37(33)34)23-15-36-25(30-23)17-4-2-1-3-5-17/h1-9,11,13-15,19,22,32H,10,12H2,(H,29,31)(H,33,34)/p-1/t19?,22-/m0/s1. The second-order valence-electron chi connectivity index (χ2n) is 8.33. The van der Waals surface area contributed by atoms with Crippen molar-refractivity contribution >= 4 is 28.6 Å². The molecule has 1 aliphatic carbocycles. The number of hydrogen-bond acceptors (Lipinski definition) is 7. The maximum atomic E-state index is 14.2.